The monoisotopic (exact) mass is 572 g/mol. The second kappa shape index (κ2) is 13.8. The quantitative estimate of drug-likeness (QED) is 0.204. The van der Waals surface area contributed by atoms with Gasteiger partial charge in [0.1, 0.15) is 11.9 Å². The Morgan fingerprint density at radius 1 is 1.00 bits per heavy atom. The van der Waals surface area contributed by atoms with Gasteiger partial charge in [0.15, 0.2) is 5.78 Å². The van der Waals surface area contributed by atoms with Crippen LogP contribution in [0.1, 0.15) is 72.5 Å². The van der Waals surface area contributed by atoms with E-state index in [0.29, 0.717) is 54.2 Å². The molecule has 0 amide bonds. The number of piperidine rings is 1. The van der Waals surface area contributed by atoms with Crippen molar-refractivity contribution < 1.29 is 28.9 Å². The SMILES string of the molecule is CCOC(=O)CC(c1ccnc(OCC2CCN(c3cc(OC)ccc3C(=O)C(O)c3ccccc3)CC2)c1)C1CC1. The summed E-state index contributed by atoms with van der Waals surface area (Å²) in [6.07, 6.45) is 4.96. The number of methoxy groups -OCH3 is 1. The molecule has 0 radical (unpaired) electrons. The Labute approximate surface area is 247 Å². The molecule has 222 valence electrons. The highest BCUT2D eigenvalue weighted by atomic mass is 16.5. The van der Waals surface area contributed by atoms with E-state index in [9.17, 15) is 14.7 Å². The van der Waals surface area contributed by atoms with E-state index in [2.05, 4.69) is 9.88 Å². The lowest BCUT2D eigenvalue weighted by molar-refractivity contribution is -0.143. The van der Waals surface area contributed by atoms with Crippen molar-refractivity contribution in [2.45, 2.75) is 51.0 Å². The largest absolute Gasteiger partial charge is 0.497 e. The smallest absolute Gasteiger partial charge is 0.306 e. The average molecular weight is 573 g/mol. The number of ketones is 1. The molecule has 8 nitrogen and oxygen atoms in total. The molecule has 42 heavy (non-hydrogen) atoms. The van der Waals surface area contributed by atoms with E-state index in [0.717, 1.165) is 50.0 Å². The Bertz CT molecular complexity index is 1350. The fraction of sp³-hybridized carbons (Fsp3) is 0.441. The van der Waals surface area contributed by atoms with Gasteiger partial charge < -0.3 is 24.2 Å². The Kier molecular flexibility index (Phi) is 9.74. The number of aromatic nitrogens is 1. The van der Waals surface area contributed by atoms with Crippen LogP contribution in [0.2, 0.25) is 0 Å². The lowest BCUT2D eigenvalue weighted by Gasteiger charge is -2.34. The van der Waals surface area contributed by atoms with Crippen molar-refractivity contribution in [2.75, 3.05) is 38.3 Å². The Morgan fingerprint density at radius 2 is 1.76 bits per heavy atom. The molecule has 5 rings (SSSR count). The highest BCUT2D eigenvalue weighted by Crippen LogP contribution is 2.45. The Hall–Kier alpha value is -3.91. The third kappa shape index (κ3) is 7.29. The van der Waals surface area contributed by atoms with Crippen LogP contribution < -0.4 is 14.4 Å². The van der Waals surface area contributed by atoms with Crippen LogP contribution in [0.15, 0.2) is 66.9 Å². The number of carbonyl (C=O) groups is 2. The lowest BCUT2D eigenvalue weighted by Crippen LogP contribution is -2.36. The summed E-state index contributed by atoms with van der Waals surface area (Å²) < 4.78 is 16.8. The zero-order valence-electron chi connectivity index (χ0n) is 24.4. The molecule has 0 spiro atoms. The number of Topliss-reactive ketones (excluding diaryl/α,β-unsaturated/α-hetero) is 1. The Morgan fingerprint density at radius 3 is 2.45 bits per heavy atom. The standard InChI is InChI=1S/C34H40N2O6/c1-3-41-32(37)21-29(24-9-10-24)26-13-16-35-31(19-26)42-22-23-14-17-36(18-15-23)30-20-27(40-2)11-12-28(30)34(39)33(38)25-7-5-4-6-8-25/h4-8,11-13,16,19-20,23-24,29,33,38H,3,9-10,14-15,17-18,21-22H2,1-2H3. The van der Waals surface area contributed by atoms with Gasteiger partial charge in [0, 0.05) is 37.0 Å². The van der Waals surface area contributed by atoms with E-state index in [-0.39, 0.29) is 17.7 Å². The minimum Gasteiger partial charge on any atom is -0.497 e. The van der Waals surface area contributed by atoms with E-state index in [4.69, 9.17) is 14.2 Å². The topological polar surface area (TPSA) is 98.2 Å². The van der Waals surface area contributed by atoms with Gasteiger partial charge in [-0.05, 0) is 79.7 Å². The molecule has 0 bridgehead atoms. The van der Waals surface area contributed by atoms with Crippen molar-refractivity contribution in [1.82, 2.24) is 4.98 Å². The van der Waals surface area contributed by atoms with Gasteiger partial charge in [-0.25, -0.2) is 4.98 Å². The van der Waals surface area contributed by atoms with Crippen LogP contribution in [0.4, 0.5) is 5.69 Å². The van der Waals surface area contributed by atoms with Crippen molar-refractivity contribution in [3.05, 3.63) is 83.6 Å². The fourth-order valence-corrected chi connectivity index (χ4v) is 5.78. The van der Waals surface area contributed by atoms with Gasteiger partial charge in [-0.2, -0.15) is 0 Å². The summed E-state index contributed by atoms with van der Waals surface area (Å²) in [6.45, 7) is 4.27. The summed E-state index contributed by atoms with van der Waals surface area (Å²) in [5, 5.41) is 10.8. The molecule has 2 atom stereocenters. The number of pyridine rings is 1. The van der Waals surface area contributed by atoms with Crippen LogP contribution in [-0.2, 0) is 9.53 Å². The normalized spacial score (nSPS) is 16.9. The first-order valence-corrected chi connectivity index (χ1v) is 14.9. The summed E-state index contributed by atoms with van der Waals surface area (Å²) >= 11 is 0. The number of aliphatic hydroxyl groups excluding tert-OH is 1. The number of rotatable bonds is 13. The van der Waals surface area contributed by atoms with Gasteiger partial charge in [-0.3, -0.25) is 9.59 Å². The van der Waals surface area contributed by atoms with Gasteiger partial charge in [0.25, 0.3) is 0 Å². The molecule has 2 fully saturated rings. The summed E-state index contributed by atoms with van der Waals surface area (Å²) in [7, 11) is 1.61. The summed E-state index contributed by atoms with van der Waals surface area (Å²) in [5.74, 6) is 1.75. The second-order valence-corrected chi connectivity index (χ2v) is 11.2. The first-order chi connectivity index (χ1) is 20.5. The molecule has 1 saturated carbocycles. The summed E-state index contributed by atoms with van der Waals surface area (Å²) in [4.78, 5) is 32.2. The molecule has 2 aliphatic rings. The van der Waals surface area contributed by atoms with Crippen molar-refractivity contribution >= 4 is 17.4 Å². The van der Waals surface area contributed by atoms with Gasteiger partial charge in [-0.15, -0.1) is 0 Å². The molecule has 2 unspecified atom stereocenters. The van der Waals surface area contributed by atoms with Crippen LogP contribution in [0.5, 0.6) is 11.6 Å². The van der Waals surface area contributed by atoms with Crippen LogP contribution in [0, 0.1) is 11.8 Å². The number of ether oxygens (including phenoxy) is 3. The first-order valence-electron chi connectivity index (χ1n) is 14.9. The molecular weight excluding hydrogens is 532 g/mol. The molecule has 1 aliphatic carbocycles. The van der Waals surface area contributed by atoms with Crippen LogP contribution in [-0.4, -0.2) is 55.3 Å². The van der Waals surface area contributed by atoms with Gasteiger partial charge in [-0.1, -0.05) is 30.3 Å². The number of benzene rings is 2. The molecule has 1 aromatic heterocycles. The van der Waals surface area contributed by atoms with Crippen molar-refractivity contribution in [3.8, 4) is 11.6 Å². The van der Waals surface area contributed by atoms with E-state index in [1.54, 1.807) is 37.6 Å². The summed E-state index contributed by atoms with van der Waals surface area (Å²) in [6, 6.07) is 18.3. The molecule has 8 heteroatoms. The third-order valence-electron chi connectivity index (χ3n) is 8.33. The van der Waals surface area contributed by atoms with Gasteiger partial charge in [0.05, 0.1) is 32.4 Å². The number of aliphatic hydroxyl groups is 1. The third-order valence-corrected chi connectivity index (χ3v) is 8.33. The van der Waals surface area contributed by atoms with E-state index in [1.807, 2.05) is 43.3 Å². The maximum absolute atomic E-state index is 13.4. The van der Waals surface area contributed by atoms with E-state index in [1.165, 1.54) is 0 Å². The minimum absolute atomic E-state index is 0.137. The van der Waals surface area contributed by atoms with Gasteiger partial charge >= 0.3 is 5.97 Å². The number of carbonyl (C=O) groups excluding carboxylic acids is 2. The van der Waals surface area contributed by atoms with Crippen LogP contribution in [0.25, 0.3) is 0 Å². The summed E-state index contributed by atoms with van der Waals surface area (Å²) in [5.41, 5.74) is 2.91. The van der Waals surface area contributed by atoms with Crippen molar-refractivity contribution in [2.24, 2.45) is 11.8 Å². The molecule has 3 aromatic rings. The predicted molar refractivity (Wildman–Crippen MR) is 160 cm³/mol. The van der Waals surface area contributed by atoms with Crippen LogP contribution >= 0.6 is 0 Å². The maximum Gasteiger partial charge on any atom is 0.306 e. The minimum atomic E-state index is -1.23. The number of nitrogens with zero attached hydrogens (tertiary/aromatic N) is 2. The molecular formula is C34H40N2O6. The molecule has 2 aromatic carbocycles. The zero-order chi connectivity index (χ0) is 29.5. The zero-order valence-corrected chi connectivity index (χ0v) is 24.4. The van der Waals surface area contributed by atoms with E-state index >= 15 is 0 Å². The molecule has 1 N–H and O–H groups in total. The highest BCUT2D eigenvalue weighted by molar-refractivity contribution is 6.04. The maximum atomic E-state index is 13.4. The number of hydrogen-bond acceptors (Lipinski definition) is 8. The fourth-order valence-electron chi connectivity index (χ4n) is 5.78. The van der Waals surface area contributed by atoms with Crippen LogP contribution in [0.3, 0.4) is 0 Å². The van der Waals surface area contributed by atoms with Gasteiger partial charge in [0.2, 0.25) is 5.88 Å². The highest BCUT2D eigenvalue weighted by Gasteiger charge is 2.34. The number of esters is 1. The number of hydrogen-bond donors (Lipinski definition) is 1. The van der Waals surface area contributed by atoms with Crippen molar-refractivity contribution in [3.63, 3.8) is 0 Å². The predicted octanol–water partition coefficient (Wildman–Crippen LogP) is 5.75. The molecule has 1 aliphatic heterocycles. The Balaban J connectivity index is 1.20. The molecule has 2 heterocycles. The molecule has 1 saturated heterocycles. The second-order valence-electron chi connectivity index (χ2n) is 11.2. The first kappa shape index (κ1) is 29.6. The number of anilines is 1. The van der Waals surface area contributed by atoms with E-state index < -0.39 is 6.10 Å². The average Bonchev–Trinajstić information content (AvgIpc) is 3.88. The van der Waals surface area contributed by atoms with Crippen molar-refractivity contribution in [1.29, 1.82) is 0 Å². The lowest BCUT2D eigenvalue weighted by atomic mass is 9.91.